The first-order valence-electron chi connectivity index (χ1n) is 6.07. The maximum atomic E-state index is 5.41. The number of hydrogen-bond acceptors (Lipinski definition) is 0. The van der Waals surface area contributed by atoms with E-state index in [-0.39, 0.29) is 0 Å². The minimum Gasteiger partial charge on any atom is -0.119 e. The summed E-state index contributed by atoms with van der Waals surface area (Å²) in [5.74, 6) is 3.74. The van der Waals surface area contributed by atoms with Crippen molar-refractivity contribution in [3.63, 3.8) is 0 Å². The van der Waals surface area contributed by atoms with Crippen LogP contribution in [-0.2, 0) is 0 Å². The summed E-state index contributed by atoms with van der Waals surface area (Å²) in [6.07, 6.45) is 12.6. The van der Waals surface area contributed by atoms with Crippen molar-refractivity contribution >= 4 is 16.3 Å². The lowest BCUT2D eigenvalue weighted by molar-refractivity contribution is 1.17. The van der Waals surface area contributed by atoms with Crippen LogP contribution in [0, 0.1) is 18.3 Å². The molecule has 3 rings (SSSR count). The average molecular weight is 229 g/mol. The van der Waals surface area contributed by atoms with Crippen molar-refractivity contribution in [3.8, 4) is 12.3 Å². The van der Waals surface area contributed by atoms with Gasteiger partial charge in [-0.3, -0.25) is 0 Å². The minimum atomic E-state index is 0.853. The van der Waals surface area contributed by atoms with E-state index in [9.17, 15) is 0 Å². The van der Waals surface area contributed by atoms with Gasteiger partial charge in [0.2, 0.25) is 0 Å². The molecule has 0 unspecified atom stereocenters. The van der Waals surface area contributed by atoms with Crippen molar-refractivity contribution in [1.82, 2.24) is 0 Å². The molecule has 1 aliphatic rings. The second-order valence-corrected chi connectivity index (χ2v) is 4.39. The van der Waals surface area contributed by atoms with Gasteiger partial charge in [-0.15, -0.1) is 6.42 Å². The molecule has 1 aliphatic carbocycles. The molecule has 85 valence electrons. The highest BCUT2D eigenvalue weighted by Gasteiger charge is 2.09. The van der Waals surface area contributed by atoms with Crippen LogP contribution in [0.15, 0.2) is 60.7 Å². The Labute approximate surface area is 108 Å². The van der Waals surface area contributed by atoms with Crippen LogP contribution < -0.4 is 0 Å². The number of rotatable bonds is 1. The number of benzene rings is 2. The quantitative estimate of drug-likeness (QED) is 0.636. The third-order valence-electron chi connectivity index (χ3n) is 3.29. The van der Waals surface area contributed by atoms with Crippen LogP contribution in [-0.4, -0.2) is 0 Å². The Kier molecular flexibility index (Phi) is 2.74. The SMILES string of the molecule is C#C[C]1C=CC(c2cccc3ccccc23)=CC1. The third kappa shape index (κ3) is 1.85. The van der Waals surface area contributed by atoms with Gasteiger partial charge in [0, 0.05) is 0 Å². The maximum Gasteiger partial charge on any atom is 0.0732 e. The van der Waals surface area contributed by atoms with Gasteiger partial charge >= 0.3 is 0 Å². The summed E-state index contributed by atoms with van der Waals surface area (Å²) in [5.41, 5.74) is 2.53. The molecule has 0 fully saturated rings. The van der Waals surface area contributed by atoms with Crippen molar-refractivity contribution in [2.75, 3.05) is 0 Å². The Morgan fingerprint density at radius 1 is 0.944 bits per heavy atom. The molecular weight excluding hydrogens is 216 g/mol. The number of hydrogen-bond donors (Lipinski definition) is 0. The molecule has 0 N–H and O–H groups in total. The van der Waals surface area contributed by atoms with E-state index >= 15 is 0 Å². The zero-order valence-corrected chi connectivity index (χ0v) is 10.1. The van der Waals surface area contributed by atoms with E-state index in [2.05, 4.69) is 60.5 Å². The highest BCUT2D eigenvalue weighted by atomic mass is 14.1. The monoisotopic (exact) mass is 229 g/mol. The van der Waals surface area contributed by atoms with Crippen molar-refractivity contribution < 1.29 is 0 Å². The van der Waals surface area contributed by atoms with Crippen LogP contribution >= 0.6 is 0 Å². The molecule has 0 heterocycles. The summed E-state index contributed by atoms with van der Waals surface area (Å²) in [5, 5.41) is 2.57. The van der Waals surface area contributed by atoms with Crippen molar-refractivity contribution in [2.24, 2.45) is 0 Å². The summed E-state index contributed by atoms with van der Waals surface area (Å²) >= 11 is 0. The first-order valence-corrected chi connectivity index (χ1v) is 6.07. The van der Waals surface area contributed by atoms with E-state index in [1.54, 1.807) is 0 Å². The topological polar surface area (TPSA) is 0 Å². The molecule has 0 aromatic heterocycles. The molecule has 0 saturated carbocycles. The van der Waals surface area contributed by atoms with Crippen LogP contribution in [0.25, 0.3) is 16.3 Å². The second-order valence-electron chi connectivity index (χ2n) is 4.39. The summed E-state index contributed by atoms with van der Waals surface area (Å²) in [7, 11) is 0. The molecule has 0 spiro atoms. The van der Waals surface area contributed by atoms with E-state index in [4.69, 9.17) is 6.42 Å². The predicted octanol–water partition coefficient (Wildman–Crippen LogP) is 4.39. The zero-order valence-electron chi connectivity index (χ0n) is 10.1. The van der Waals surface area contributed by atoms with Gasteiger partial charge < -0.3 is 0 Å². The Balaban J connectivity index is 2.09. The fraction of sp³-hybridized carbons (Fsp3) is 0.0556. The highest BCUT2D eigenvalue weighted by Crippen LogP contribution is 2.30. The largest absolute Gasteiger partial charge is 0.119 e. The predicted molar refractivity (Wildman–Crippen MR) is 77.8 cm³/mol. The van der Waals surface area contributed by atoms with Gasteiger partial charge in [0.05, 0.1) is 5.92 Å². The van der Waals surface area contributed by atoms with Gasteiger partial charge in [0.25, 0.3) is 0 Å². The summed E-state index contributed by atoms with van der Waals surface area (Å²) < 4.78 is 0. The van der Waals surface area contributed by atoms with Crippen molar-refractivity contribution in [3.05, 3.63) is 72.2 Å². The molecular formula is C18H13. The molecule has 2 aromatic carbocycles. The number of allylic oxidation sites excluding steroid dienone is 4. The molecule has 0 bridgehead atoms. The van der Waals surface area contributed by atoms with Gasteiger partial charge in [-0.25, -0.2) is 0 Å². The number of fused-ring (bicyclic) bond motifs is 1. The highest BCUT2D eigenvalue weighted by molar-refractivity contribution is 5.96. The molecule has 0 saturated heterocycles. The van der Waals surface area contributed by atoms with Gasteiger partial charge in [-0.1, -0.05) is 66.6 Å². The zero-order chi connectivity index (χ0) is 12.4. The molecule has 0 atom stereocenters. The Morgan fingerprint density at radius 3 is 2.56 bits per heavy atom. The van der Waals surface area contributed by atoms with E-state index in [1.165, 1.54) is 21.9 Å². The van der Waals surface area contributed by atoms with Gasteiger partial charge in [0.15, 0.2) is 0 Å². The summed E-state index contributed by atoms with van der Waals surface area (Å²) in [6, 6.07) is 14.9. The normalized spacial score (nSPS) is 15.4. The van der Waals surface area contributed by atoms with Crippen LogP contribution in [0.5, 0.6) is 0 Å². The first kappa shape index (κ1) is 10.9. The Morgan fingerprint density at radius 2 is 1.78 bits per heavy atom. The van der Waals surface area contributed by atoms with E-state index in [0.717, 1.165) is 12.3 Å². The van der Waals surface area contributed by atoms with Crippen molar-refractivity contribution in [2.45, 2.75) is 6.42 Å². The van der Waals surface area contributed by atoms with Gasteiger partial charge in [-0.05, 0) is 28.3 Å². The van der Waals surface area contributed by atoms with Gasteiger partial charge in [-0.2, -0.15) is 0 Å². The fourth-order valence-electron chi connectivity index (χ4n) is 2.33. The fourth-order valence-corrected chi connectivity index (χ4v) is 2.33. The van der Waals surface area contributed by atoms with Crippen LogP contribution in [0.2, 0.25) is 0 Å². The maximum absolute atomic E-state index is 5.41. The lowest BCUT2D eigenvalue weighted by Gasteiger charge is -2.13. The lowest BCUT2D eigenvalue weighted by atomic mass is 9.91. The second kappa shape index (κ2) is 4.55. The smallest absolute Gasteiger partial charge is 0.0732 e. The van der Waals surface area contributed by atoms with E-state index in [0.29, 0.717) is 0 Å². The molecule has 0 heteroatoms. The van der Waals surface area contributed by atoms with E-state index < -0.39 is 0 Å². The van der Waals surface area contributed by atoms with Crippen LogP contribution in [0.1, 0.15) is 12.0 Å². The van der Waals surface area contributed by atoms with Crippen molar-refractivity contribution in [1.29, 1.82) is 0 Å². The summed E-state index contributed by atoms with van der Waals surface area (Å²) in [4.78, 5) is 0. The molecule has 0 amide bonds. The number of terminal acetylenes is 1. The standard InChI is InChI=1S/C18H13/c1-2-14-10-12-16(13-11-14)18-9-5-7-15-6-3-4-8-17(15)18/h1,3-10,12-13H,11H2. The Bertz CT molecular complexity index is 675. The Hall–Kier alpha value is -2.26. The summed E-state index contributed by atoms with van der Waals surface area (Å²) in [6.45, 7) is 0. The average Bonchev–Trinajstić information content (AvgIpc) is 2.47. The molecule has 18 heavy (non-hydrogen) atoms. The van der Waals surface area contributed by atoms with Crippen LogP contribution in [0.3, 0.4) is 0 Å². The van der Waals surface area contributed by atoms with Gasteiger partial charge in [0.1, 0.15) is 0 Å². The molecule has 0 nitrogen and oxygen atoms in total. The molecule has 2 aromatic rings. The van der Waals surface area contributed by atoms with Crippen LogP contribution in [0.4, 0.5) is 0 Å². The molecule has 1 radical (unpaired) electrons. The minimum absolute atomic E-state index is 0.853. The lowest BCUT2D eigenvalue weighted by Crippen LogP contribution is -1.94. The van der Waals surface area contributed by atoms with E-state index in [1.807, 2.05) is 6.08 Å². The first-order chi connectivity index (χ1) is 8.88. The molecule has 0 aliphatic heterocycles. The third-order valence-corrected chi connectivity index (χ3v) is 3.29.